The number of allylic oxidation sites excluding steroid dienone is 4. The van der Waals surface area contributed by atoms with Crippen molar-refractivity contribution in [2.24, 2.45) is 34.5 Å². The van der Waals surface area contributed by atoms with Crippen LogP contribution in [-0.4, -0.2) is 29.1 Å². The van der Waals surface area contributed by atoms with Gasteiger partial charge in [0.2, 0.25) is 0 Å². The van der Waals surface area contributed by atoms with E-state index in [1.54, 1.807) is 6.08 Å². The summed E-state index contributed by atoms with van der Waals surface area (Å²) in [6.07, 6.45) is 9.93. The molecule has 0 aromatic heterocycles. The molecule has 8 atom stereocenters. The van der Waals surface area contributed by atoms with E-state index in [2.05, 4.69) is 26.8 Å². The number of rotatable bonds is 2. The number of hydrogen-bond donors (Lipinski definition) is 1. The average molecular weight is 373 g/mol. The molecule has 4 nitrogen and oxygen atoms in total. The van der Waals surface area contributed by atoms with Crippen LogP contribution in [0.3, 0.4) is 0 Å². The second-order valence-electron chi connectivity index (χ2n) is 9.89. The second-order valence-corrected chi connectivity index (χ2v) is 9.89. The van der Waals surface area contributed by atoms with Gasteiger partial charge in [-0.15, -0.1) is 0 Å². The summed E-state index contributed by atoms with van der Waals surface area (Å²) in [5.74, 6) is 1.63. The zero-order valence-electron chi connectivity index (χ0n) is 16.9. The maximum Gasteiger partial charge on any atom is 0.334 e. The molecule has 0 aromatic carbocycles. The highest BCUT2D eigenvalue weighted by Crippen LogP contribution is 2.65. The number of aliphatic hydroxyl groups excluding tert-OH is 1. The first kappa shape index (κ1) is 18.9. The standard InChI is InChI=1S/C23H32O4/c1-13-11-19-17-6-5-15-12-16(25)7-9-22(15,3)18(17)8-10-23(19,4)20(13)27-21(26)14(2)24/h7,9,12-14,17-20,24H,5-6,8,10-11H2,1-4H3/t13-,14?,17-,18+,19+,20-,22+,23+/m1/s1. The third-order valence-corrected chi connectivity index (χ3v) is 8.37. The maximum absolute atomic E-state index is 12.1. The highest BCUT2D eigenvalue weighted by molar-refractivity contribution is 6.01. The Morgan fingerprint density at radius 1 is 1.30 bits per heavy atom. The van der Waals surface area contributed by atoms with Crippen molar-refractivity contribution in [2.45, 2.75) is 72.0 Å². The summed E-state index contributed by atoms with van der Waals surface area (Å²) in [4.78, 5) is 24.0. The van der Waals surface area contributed by atoms with Crippen molar-refractivity contribution < 1.29 is 19.4 Å². The Bertz CT molecular complexity index is 720. The van der Waals surface area contributed by atoms with Crippen LogP contribution in [0.5, 0.6) is 0 Å². The smallest absolute Gasteiger partial charge is 0.334 e. The number of ketones is 1. The van der Waals surface area contributed by atoms with Crippen LogP contribution in [0, 0.1) is 34.5 Å². The molecule has 0 aromatic rings. The first-order valence-electron chi connectivity index (χ1n) is 10.5. The van der Waals surface area contributed by atoms with Gasteiger partial charge in [-0.2, -0.15) is 0 Å². The van der Waals surface area contributed by atoms with Gasteiger partial charge < -0.3 is 9.84 Å². The van der Waals surface area contributed by atoms with E-state index in [9.17, 15) is 14.7 Å². The van der Waals surface area contributed by atoms with Gasteiger partial charge in [-0.25, -0.2) is 4.79 Å². The number of carbonyl (C=O) groups excluding carboxylic acids is 2. The van der Waals surface area contributed by atoms with Crippen molar-refractivity contribution in [1.29, 1.82) is 0 Å². The Morgan fingerprint density at radius 3 is 2.74 bits per heavy atom. The van der Waals surface area contributed by atoms with Crippen molar-refractivity contribution in [3.05, 3.63) is 23.8 Å². The highest BCUT2D eigenvalue weighted by Gasteiger charge is 2.61. The zero-order chi connectivity index (χ0) is 19.6. The van der Waals surface area contributed by atoms with Gasteiger partial charge >= 0.3 is 5.97 Å². The van der Waals surface area contributed by atoms with Gasteiger partial charge in [-0.1, -0.05) is 32.4 Å². The van der Waals surface area contributed by atoms with Crippen LogP contribution >= 0.6 is 0 Å². The van der Waals surface area contributed by atoms with Gasteiger partial charge in [0.25, 0.3) is 0 Å². The van der Waals surface area contributed by atoms with Gasteiger partial charge in [0.15, 0.2) is 5.78 Å². The molecule has 1 N–H and O–H groups in total. The number of ether oxygens (including phenoxy) is 1. The van der Waals surface area contributed by atoms with Gasteiger partial charge in [-0.05, 0) is 74.9 Å². The Labute approximate surface area is 162 Å². The van der Waals surface area contributed by atoms with Crippen molar-refractivity contribution in [3.8, 4) is 0 Å². The van der Waals surface area contributed by atoms with Gasteiger partial charge in [0.05, 0.1) is 0 Å². The van der Waals surface area contributed by atoms with Crippen molar-refractivity contribution in [3.63, 3.8) is 0 Å². The number of hydrogen-bond acceptors (Lipinski definition) is 4. The Kier molecular flexibility index (Phi) is 4.41. The Hall–Kier alpha value is -1.42. The normalized spacial score (nSPS) is 46.8. The summed E-state index contributed by atoms with van der Waals surface area (Å²) in [7, 11) is 0. The molecule has 3 saturated carbocycles. The lowest BCUT2D eigenvalue weighted by atomic mass is 9.48. The third kappa shape index (κ3) is 2.74. The van der Waals surface area contributed by atoms with E-state index in [-0.39, 0.29) is 22.7 Å². The fourth-order valence-electron chi connectivity index (χ4n) is 6.99. The minimum Gasteiger partial charge on any atom is -0.460 e. The van der Waals surface area contributed by atoms with E-state index in [1.807, 2.05) is 6.08 Å². The molecule has 3 fully saturated rings. The number of carbonyl (C=O) groups is 2. The van der Waals surface area contributed by atoms with Crippen LogP contribution in [0.4, 0.5) is 0 Å². The molecule has 0 radical (unpaired) electrons. The third-order valence-electron chi connectivity index (χ3n) is 8.37. The largest absolute Gasteiger partial charge is 0.460 e. The molecule has 4 rings (SSSR count). The summed E-state index contributed by atoms with van der Waals surface area (Å²) >= 11 is 0. The molecule has 27 heavy (non-hydrogen) atoms. The Morgan fingerprint density at radius 2 is 2.04 bits per heavy atom. The molecular weight excluding hydrogens is 340 g/mol. The summed E-state index contributed by atoms with van der Waals surface area (Å²) in [6, 6.07) is 0. The molecule has 0 aliphatic heterocycles. The lowest BCUT2D eigenvalue weighted by molar-refractivity contribution is -0.170. The molecular formula is C23H32O4. The molecule has 1 unspecified atom stereocenters. The zero-order valence-corrected chi connectivity index (χ0v) is 16.9. The SMILES string of the molecule is CC(O)C(=O)O[C@@H]1[C@H](C)C[C@H]2[C@@H]3CCC4=CC(=O)C=C[C@]4(C)[C@H]3CC[C@]12C. The number of fused-ring (bicyclic) bond motifs is 5. The molecule has 148 valence electrons. The fraction of sp³-hybridized carbons (Fsp3) is 0.739. The van der Waals surface area contributed by atoms with E-state index in [1.165, 1.54) is 12.5 Å². The van der Waals surface area contributed by atoms with E-state index in [0.29, 0.717) is 23.7 Å². The number of aliphatic hydroxyl groups is 1. The van der Waals surface area contributed by atoms with E-state index in [0.717, 1.165) is 32.1 Å². The first-order chi connectivity index (χ1) is 12.7. The summed E-state index contributed by atoms with van der Waals surface area (Å²) in [5, 5.41) is 9.60. The highest BCUT2D eigenvalue weighted by atomic mass is 16.6. The lowest BCUT2D eigenvalue weighted by Crippen LogP contribution is -2.51. The minimum atomic E-state index is -1.07. The molecule has 0 bridgehead atoms. The predicted molar refractivity (Wildman–Crippen MR) is 103 cm³/mol. The van der Waals surface area contributed by atoms with Crippen LogP contribution in [0.15, 0.2) is 23.8 Å². The monoisotopic (exact) mass is 372 g/mol. The van der Waals surface area contributed by atoms with Crippen molar-refractivity contribution in [1.82, 2.24) is 0 Å². The molecule has 0 saturated heterocycles. The van der Waals surface area contributed by atoms with Crippen molar-refractivity contribution in [2.75, 3.05) is 0 Å². The Balaban J connectivity index is 1.62. The van der Waals surface area contributed by atoms with E-state index >= 15 is 0 Å². The van der Waals surface area contributed by atoms with Crippen LogP contribution in [0.1, 0.15) is 59.8 Å². The minimum absolute atomic E-state index is 0.00420. The fourth-order valence-corrected chi connectivity index (χ4v) is 6.99. The molecule has 4 heteroatoms. The summed E-state index contributed by atoms with van der Waals surface area (Å²) in [6.45, 7) is 8.27. The lowest BCUT2D eigenvalue weighted by Gasteiger charge is -2.56. The van der Waals surface area contributed by atoms with Gasteiger partial charge in [-0.3, -0.25) is 4.79 Å². The number of esters is 1. The van der Waals surface area contributed by atoms with Gasteiger partial charge in [0.1, 0.15) is 12.2 Å². The first-order valence-corrected chi connectivity index (χ1v) is 10.5. The van der Waals surface area contributed by atoms with Gasteiger partial charge in [0, 0.05) is 10.8 Å². The van der Waals surface area contributed by atoms with Crippen LogP contribution in [0.2, 0.25) is 0 Å². The average Bonchev–Trinajstić information content (AvgIpc) is 2.86. The summed E-state index contributed by atoms with van der Waals surface area (Å²) < 4.78 is 5.82. The molecule has 4 aliphatic carbocycles. The maximum atomic E-state index is 12.1. The molecule has 0 heterocycles. The topological polar surface area (TPSA) is 63.6 Å². The molecule has 0 spiro atoms. The molecule has 0 amide bonds. The van der Waals surface area contributed by atoms with Crippen LogP contribution in [-0.2, 0) is 14.3 Å². The second kappa shape index (κ2) is 6.30. The van der Waals surface area contributed by atoms with E-state index < -0.39 is 12.1 Å². The predicted octanol–water partition coefficient (Wildman–Crippen LogP) is 3.83. The molecule has 4 aliphatic rings. The summed E-state index contributed by atoms with van der Waals surface area (Å²) in [5.41, 5.74) is 1.29. The van der Waals surface area contributed by atoms with E-state index in [4.69, 9.17) is 4.74 Å². The van der Waals surface area contributed by atoms with Crippen LogP contribution in [0.25, 0.3) is 0 Å². The van der Waals surface area contributed by atoms with Crippen LogP contribution < -0.4 is 0 Å². The quantitative estimate of drug-likeness (QED) is 0.748. The van der Waals surface area contributed by atoms with Crippen molar-refractivity contribution >= 4 is 11.8 Å².